The van der Waals surface area contributed by atoms with E-state index in [1.807, 2.05) is 45.0 Å². The van der Waals surface area contributed by atoms with Crippen LogP contribution in [0.25, 0.3) is 0 Å². The van der Waals surface area contributed by atoms with E-state index in [9.17, 15) is 4.79 Å². The summed E-state index contributed by atoms with van der Waals surface area (Å²) in [5, 5.41) is 2.86. The van der Waals surface area contributed by atoms with Gasteiger partial charge in [-0.15, -0.1) is 0 Å². The van der Waals surface area contributed by atoms with Crippen molar-refractivity contribution < 1.29 is 9.53 Å². The van der Waals surface area contributed by atoms with Gasteiger partial charge in [-0.1, -0.05) is 34.1 Å². The zero-order valence-corrected chi connectivity index (χ0v) is 13.2. The maximum absolute atomic E-state index is 11.8. The van der Waals surface area contributed by atoms with Crippen molar-refractivity contribution >= 4 is 22.0 Å². The second-order valence-electron chi connectivity index (χ2n) is 5.30. The van der Waals surface area contributed by atoms with E-state index in [0.717, 1.165) is 10.0 Å². The van der Waals surface area contributed by atoms with Crippen LogP contribution in [0.3, 0.4) is 0 Å². The number of nitrogens with two attached hydrogens (primary N) is 1. The number of nitrogens with one attached hydrogen (secondary N) is 1. The van der Waals surface area contributed by atoms with Crippen LogP contribution in [0.2, 0.25) is 0 Å². The number of carbonyl (C=O) groups excluding carboxylic acids is 1. The molecule has 0 bridgehead atoms. The fourth-order valence-corrected chi connectivity index (χ4v) is 2.24. The molecule has 1 unspecified atom stereocenters. The molecule has 0 saturated carbocycles. The molecule has 1 rings (SSSR count). The van der Waals surface area contributed by atoms with Crippen LogP contribution in [-0.2, 0) is 4.74 Å². The lowest BCUT2D eigenvalue weighted by Crippen LogP contribution is -2.35. The quantitative estimate of drug-likeness (QED) is 0.890. The number of carbonyl (C=O) groups is 1. The summed E-state index contributed by atoms with van der Waals surface area (Å²) in [5.41, 5.74) is 6.10. The second-order valence-corrected chi connectivity index (χ2v) is 6.15. The highest BCUT2D eigenvalue weighted by atomic mass is 79.9. The average molecular weight is 329 g/mol. The van der Waals surface area contributed by atoms with Crippen molar-refractivity contribution in [2.24, 2.45) is 5.73 Å². The highest BCUT2D eigenvalue weighted by molar-refractivity contribution is 9.10. The summed E-state index contributed by atoms with van der Waals surface area (Å²) in [7, 11) is 0. The number of amides is 1. The van der Waals surface area contributed by atoms with E-state index in [1.54, 1.807) is 0 Å². The third-order valence-corrected chi connectivity index (χ3v) is 3.15. The summed E-state index contributed by atoms with van der Waals surface area (Å²) in [4.78, 5) is 11.8. The average Bonchev–Trinajstić information content (AvgIpc) is 2.26. The highest BCUT2D eigenvalue weighted by Gasteiger charge is 2.21. The molecule has 1 atom stereocenters. The maximum atomic E-state index is 11.8. The van der Waals surface area contributed by atoms with Crippen LogP contribution in [0.15, 0.2) is 28.7 Å². The zero-order chi connectivity index (χ0) is 14.5. The first-order valence-electron chi connectivity index (χ1n) is 6.27. The predicted octanol–water partition coefficient (Wildman–Crippen LogP) is 3.36. The Kier molecular flexibility index (Phi) is 5.82. The Hall–Kier alpha value is -1.07. The number of hydrogen-bond donors (Lipinski definition) is 2. The Morgan fingerprint density at radius 1 is 1.42 bits per heavy atom. The molecule has 0 aliphatic rings. The molecule has 0 heterocycles. The number of ether oxygens (including phenoxy) is 1. The minimum Gasteiger partial charge on any atom is -0.444 e. The molecule has 0 spiro atoms. The zero-order valence-electron chi connectivity index (χ0n) is 11.6. The normalized spacial score (nSPS) is 12.9. The van der Waals surface area contributed by atoms with Gasteiger partial charge < -0.3 is 15.8 Å². The molecular weight excluding hydrogens is 308 g/mol. The topological polar surface area (TPSA) is 64.3 Å². The second kappa shape index (κ2) is 6.91. The summed E-state index contributed by atoms with van der Waals surface area (Å²) < 4.78 is 6.22. The van der Waals surface area contributed by atoms with Gasteiger partial charge in [0.1, 0.15) is 5.60 Å². The van der Waals surface area contributed by atoms with E-state index < -0.39 is 11.7 Å². The van der Waals surface area contributed by atoms with Gasteiger partial charge in [-0.2, -0.15) is 0 Å². The number of alkyl carbamates (subject to hydrolysis) is 1. The molecule has 4 nitrogen and oxygen atoms in total. The monoisotopic (exact) mass is 328 g/mol. The SMILES string of the molecule is CC(C)(C)OC(=O)NC(CCN)c1ccccc1Br. The van der Waals surface area contributed by atoms with Crippen LogP contribution in [0.4, 0.5) is 4.79 Å². The van der Waals surface area contributed by atoms with Gasteiger partial charge in [-0.05, 0) is 45.4 Å². The van der Waals surface area contributed by atoms with Crippen LogP contribution < -0.4 is 11.1 Å². The first-order valence-corrected chi connectivity index (χ1v) is 7.07. The van der Waals surface area contributed by atoms with Crippen LogP contribution in [0.1, 0.15) is 38.8 Å². The van der Waals surface area contributed by atoms with E-state index in [2.05, 4.69) is 21.2 Å². The van der Waals surface area contributed by atoms with Crippen molar-refractivity contribution in [1.82, 2.24) is 5.32 Å². The molecule has 106 valence electrons. The molecule has 0 fully saturated rings. The van der Waals surface area contributed by atoms with Crippen LogP contribution in [0, 0.1) is 0 Å². The van der Waals surface area contributed by atoms with Gasteiger partial charge in [0.15, 0.2) is 0 Å². The van der Waals surface area contributed by atoms with Crippen molar-refractivity contribution in [1.29, 1.82) is 0 Å². The fourth-order valence-electron chi connectivity index (χ4n) is 1.68. The van der Waals surface area contributed by atoms with Crippen LogP contribution >= 0.6 is 15.9 Å². The number of hydrogen-bond acceptors (Lipinski definition) is 3. The van der Waals surface area contributed by atoms with Crippen molar-refractivity contribution in [3.63, 3.8) is 0 Å². The predicted molar refractivity (Wildman–Crippen MR) is 79.9 cm³/mol. The first-order chi connectivity index (χ1) is 8.83. The van der Waals surface area contributed by atoms with E-state index in [1.165, 1.54) is 0 Å². The van der Waals surface area contributed by atoms with Crippen molar-refractivity contribution in [2.45, 2.75) is 38.8 Å². The molecule has 0 radical (unpaired) electrons. The number of halogens is 1. The van der Waals surface area contributed by atoms with E-state index in [0.29, 0.717) is 13.0 Å². The van der Waals surface area contributed by atoms with Gasteiger partial charge in [0.25, 0.3) is 0 Å². The Morgan fingerprint density at radius 2 is 2.05 bits per heavy atom. The Labute approximate surface area is 122 Å². The molecule has 5 heteroatoms. The lowest BCUT2D eigenvalue weighted by molar-refractivity contribution is 0.0501. The van der Waals surface area contributed by atoms with Gasteiger partial charge in [-0.25, -0.2) is 4.79 Å². The summed E-state index contributed by atoms with van der Waals surface area (Å²) >= 11 is 3.49. The summed E-state index contributed by atoms with van der Waals surface area (Å²) in [6, 6.07) is 7.61. The largest absolute Gasteiger partial charge is 0.444 e. The van der Waals surface area contributed by atoms with Gasteiger partial charge in [-0.3, -0.25) is 0 Å². The third-order valence-electron chi connectivity index (χ3n) is 2.43. The van der Waals surface area contributed by atoms with Gasteiger partial charge in [0.2, 0.25) is 0 Å². The highest BCUT2D eigenvalue weighted by Crippen LogP contribution is 2.25. The Bertz CT molecular complexity index is 430. The van der Waals surface area contributed by atoms with Crippen molar-refractivity contribution in [2.75, 3.05) is 6.54 Å². The Morgan fingerprint density at radius 3 is 2.58 bits per heavy atom. The van der Waals surface area contributed by atoms with Crippen LogP contribution in [0.5, 0.6) is 0 Å². The molecule has 0 aliphatic heterocycles. The van der Waals surface area contributed by atoms with Gasteiger partial charge in [0, 0.05) is 4.47 Å². The van der Waals surface area contributed by atoms with Gasteiger partial charge in [0.05, 0.1) is 6.04 Å². The molecule has 1 amide bonds. The van der Waals surface area contributed by atoms with E-state index in [-0.39, 0.29) is 6.04 Å². The van der Waals surface area contributed by atoms with E-state index in [4.69, 9.17) is 10.5 Å². The minimum atomic E-state index is -0.509. The summed E-state index contributed by atoms with van der Waals surface area (Å²) in [6.07, 6.45) is 0.226. The molecule has 1 aromatic rings. The Balaban J connectivity index is 2.79. The fraction of sp³-hybridized carbons (Fsp3) is 0.500. The minimum absolute atomic E-state index is 0.157. The standard InChI is InChI=1S/C14H21BrN2O2/c1-14(2,3)19-13(18)17-12(8-9-16)10-6-4-5-7-11(10)15/h4-7,12H,8-9,16H2,1-3H3,(H,17,18). The van der Waals surface area contributed by atoms with Crippen molar-refractivity contribution in [3.05, 3.63) is 34.3 Å². The smallest absolute Gasteiger partial charge is 0.408 e. The van der Waals surface area contributed by atoms with Gasteiger partial charge >= 0.3 is 6.09 Å². The lowest BCUT2D eigenvalue weighted by atomic mass is 10.0. The maximum Gasteiger partial charge on any atom is 0.408 e. The number of rotatable bonds is 4. The molecular formula is C14H21BrN2O2. The lowest BCUT2D eigenvalue weighted by Gasteiger charge is -2.24. The molecule has 0 saturated heterocycles. The van der Waals surface area contributed by atoms with Crippen LogP contribution in [-0.4, -0.2) is 18.2 Å². The molecule has 0 aromatic heterocycles. The molecule has 3 N–H and O–H groups in total. The van der Waals surface area contributed by atoms with E-state index >= 15 is 0 Å². The summed E-state index contributed by atoms with van der Waals surface area (Å²) in [5.74, 6) is 0. The summed E-state index contributed by atoms with van der Waals surface area (Å²) in [6.45, 7) is 6.00. The third kappa shape index (κ3) is 5.61. The molecule has 19 heavy (non-hydrogen) atoms. The number of benzene rings is 1. The molecule has 1 aromatic carbocycles. The van der Waals surface area contributed by atoms with Crippen molar-refractivity contribution in [3.8, 4) is 0 Å². The molecule has 0 aliphatic carbocycles. The first kappa shape index (κ1) is 16.0.